The molecular weight excluding hydrogens is 375 g/mol. The average Bonchev–Trinajstić information content (AvgIpc) is 2.60. The van der Waals surface area contributed by atoms with Gasteiger partial charge in [0, 0.05) is 47.7 Å². The molecule has 7 heteroatoms. The molecule has 0 atom stereocenters. The third-order valence-corrected chi connectivity index (χ3v) is 5.94. The number of nitrogens with zero attached hydrogens (tertiary/aromatic N) is 1. The van der Waals surface area contributed by atoms with Gasteiger partial charge in [0.2, 0.25) is 10.0 Å². The minimum atomic E-state index is -3.85. The zero-order chi connectivity index (χ0) is 18.9. The smallest absolute Gasteiger partial charge is 0.241 e. The fourth-order valence-electron chi connectivity index (χ4n) is 2.84. The number of fused-ring (bicyclic) bond motifs is 1. The molecule has 0 aromatic heterocycles. The molecule has 0 spiro atoms. The van der Waals surface area contributed by atoms with Gasteiger partial charge in [-0.05, 0) is 24.3 Å². The lowest BCUT2D eigenvalue weighted by Gasteiger charge is -2.17. The quantitative estimate of drug-likeness (QED) is 0.708. The van der Waals surface area contributed by atoms with Crippen LogP contribution in [0.15, 0.2) is 59.5 Å². The van der Waals surface area contributed by atoms with Gasteiger partial charge in [0.15, 0.2) is 0 Å². The summed E-state index contributed by atoms with van der Waals surface area (Å²) in [5.41, 5.74) is 1.03. The number of rotatable bonds is 5. The Labute approximate surface area is 157 Å². The van der Waals surface area contributed by atoms with Crippen molar-refractivity contribution in [3.63, 3.8) is 0 Å². The number of sulfonamides is 1. The molecule has 0 saturated carbocycles. The first-order valence-electron chi connectivity index (χ1n) is 7.93. The normalized spacial score (nSPS) is 11.7. The largest absolute Gasteiger partial charge is 0.377 e. The van der Waals surface area contributed by atoms with Gasteiger partial charge in [-0.1, -0.05) is 41.9 Å². The Balaban J connectivity index is 2.01. The predicted molar refractivity (Wildman–Crippen MR) is 104 cm³/mol. The Bertz CT molecular complexity index is 1050. The average molecular weight is 393 g/mol. The van der Waals surface area contributed by atoms with E-state index in [1.165, 1.54) is 24.3 Å². The van der Waals surface area contributed by atoms with Gasteiger partial charge >= 0.3 is 0 Å². The van der Waals surface area contributed by atoms with E-state index in [1.54, 1.807) is 12.1 Å². The van der Waals surface area contributed by atoms with Crippen molar-refractivity contribution in [2.24, 2.45) is 0 Å². The zero-order valence-corrected chi connectivity index (χ0v) is 15.9. The molecule has 0 radical (unpaired) electrons. The van der Waals surface area contributed by atoms with Crippen LogP contribution in [0.3, 0.4) is 0 Å². The Hall–Kier alpha value is -2.15. The van der Waals surface area contributed by atoms with Crippen LogP contribution in [0.1, 0.15) is 5.56 Å². The van der Waals surface area contributed by atoms with Crippen LogP contribution in [0, 0.1) is 5.82 Å². The molecule has 0 unspecified atom stereocenters. The second-order valence-electron chi connectivity index (χ2n) is 6.05. The molecule has 0 amide bonds. The van der Waals surface area contributed by atoms with Gasteiger partial charge in [0.05, 0.1) is 4.90 Å². The van der Waals surface area contributed by atoms with Crippen molar-refractivity contribution in [1.82, 2.24) is 4.72 Å². The van der Waals surface area contributed by atoms with Gasteiger partial charge in [-0.15, -0.1) is 0 Å². The van der Waals surface area contributed by atoms with Crippen LogP contribution in [0.25, 0.3) is 10.8 Å². The van der Waals surface area contributed by atoms with E-state index in [4.69, 9.17) is 11.6 Å². The SMILES string of the molecule is CN(C)c1cccc2c(S(=O)(=O)NCc3c(F)cccc3Cl)cccc12. The third kappa shape index (κ3) is 3.53. The molecule has 0 fully saturated rings. The summed E-state index contributed by atoms with van der Waals surface area (Å²) in [5.74, 6) is -0.548. The van der Waals surface area contributed by atoms with Crippen LogP contribution in [-0.4, -0.2) is 22.5 Å². The monoisotopic (exact) mass is 392 g/mol. The molecule has 0 aliphatic rings. The topological polar surface area (TPSA) is 49.4 Å². The molecule has 0 aliphatic heterocycles. The molecule has 0 bridgehead atoms. The highest BCUT2D eigenvalue weighted by Gasteiger charge is 2.19. The van der Waals surface area contributed by atoms with Gasteiger partial charge in [-0.3, -0.25) is 0 Å². The Morgan fingerprint density at radius 2 is 1.65 bits per heavy atom. The number of benzene rings is 3. The lowest BCUT2D eigenvalue weighted by Crippen LogP contribution is -2.24. The summed E-state index contributed by atoms with van der Waals surface area (Å²) in [4.78, 5) is 2.07. The van der Waals surface area contributed by atoms with E-state index < -0.39 is 15.8 Å². The Morgan fingerprint density at radius 1 is 1.00 bits per heavy atom. The van der Waals surface area contributed by atoms with Gasteiger partial charge in [-0.25, -0.2) is 17.5 Å². The Morgan fingerprint density at radius 3 is 2.35 bits per heavy atom. The highest BCUT2D eigenvalue weighted by atomic mass is 35.5. The molecule has 3 aromatic rings. The van der Waals surface area contributed by atoms with Crippen LogP contribution in [0.5, 0.6) is 0 Å². The molecule has 3 aromatic carbocycles. The number of halogens is 2. The summed E-state index contributed by atoms with van der Waals surface area (Å²) in [6.45, 7) is -0.225. The molecule has 0 heterocycles. The summed E-state index contributed by atoms with van der Waals surface area (Å²) < 4.78 is 42.0. The summed E-state index contributed by atoms with van der Waals surface area (Å²) in [7, 11) is -0.0605. The first kappa shape index (κ1) is 18.6. The molecule has 26 heavy (non-hydrogen) atoms. The van der Waals surface area contributed by atoms with Crippen LogP contribution in [-0.2, 0) is 16.6 Å². The molecule has 1 N–H and O–H groups in total. The molecule has 0 saturated heterocycles. The van der Waals surface area contributed by atoms with Gasteiger partial charge in [0.1, 0.15) is 5.82 Å². The van der Waals surface area contributed by atoms with E-state index in [0.717, 1.165) is 11.1 Å². The van der Waals surface area contributed by atoms with Gasteiger partial charge in [0.25, 0.3) is 0 Å². The maximum Gasteiger partial charge on any atom is 0.241 e. The summed E-state index contributed by atoms with van der Waals surface area (Å²) in [6.07, 6.45) is 0. The van der Waals surface area contributed by atoms with E-state index in [1.807, 2.05) is 37.2 Å². The second kappa shape index (κ2) is 7.23. The van der Waals surface area contributed by atoms with Gasteiger partial charge < -0.3 is 4.90 Å². The summed E-state index contributed by atoms with van der Waals surface area (Å²) >= 11 is 5.97. The molecule has 136 valence electrons. The van der Waals surface area contributed by atoms with E-state index >= 15 is 0 Å². The van der Waals surface area contributed by atoms with Crippen molar-refractivity contribution in [1.29, 1.82) is 0 Å². The van der Waals surface area contributed by atoms with Crippen molar-refractivity contribution >= 4 is 38.1 Å². The fraction of sp³-hybridized carbons (Fsp3) is 0.158. The zero-order valence-electron chi connectivity index (χ0n) is 14.3. The van der Waals surface area contributed by atoms with Crippen molar-refractivity contribution in [3.8, 4) is 0 Å². The minimum Gasteiger partial charge on any atom is -0.377 e. The van der Waals surface area contributed by atoms with E-state index in [0.29, 0.717) is 5.39 Å². The molecule has 0 aliphatic carbocycles. The van der Waals surface area contributed by atoms with Crippen LogP contribution >= 0.6 is 11.6 Å². The fourth-order valence-corrected chi connectivity index (χ4v) is 4.28. The number of hydrogen-bond donors (Lipinski definition) is 1. The Kier molecular flexibility index (Phi) is 5.18. The maximum absolute atomic E-state index is 13.9. The maximum atomic E-state index is 13.9. The highest BCUT2D eigenvalue weighted by molar-refractivity contribution is 7.89. The first-order valence-corrected chi connectivity index (χ1v) is 9.79. The minimum absolute atomic E-state index is 0.118. The molecular formula is C19H18ClFN2O2S. The van der Waals surface area contributed by atoms with Gasteiger partial charge in [-0.2, -0.15) is 0 Å². The highest BCUT2D eigenvalue weighted by Crippen LogP contribution is 2.30. The van der Waals surface area contributed by atoms with E-state index in [2.05, 4.69) is 4.72 Å². The number of nitrogens with one attached hydrogen (secondary N) is 1. The summed E-state index contributed by atoms with van der Waals surface area (Å²) in [6, 6.07) is 14.8. The second-order valence-corrected chi connectivity index (χ2v) is 8.19. The van der Waals surface area contributed by atoms with E-state index in [-0.39, 0.29) is 22.0 Å². The first-order chi connectivity index (χ1) is 12.3. The lowest BCUT2D eigenvalue weighted by molar-refractivity contribution is 0.575. The van der Waals surface area contributed by atoms with Crippen molar-refractivity contribution in [2.75, 3.05) is 19.0 Å². The van der Waals surface area contributed by atoms with Crippen molar-refractivity contribution in [2.45, 2.75) is 11.4 Å². The molecule has 4 nitrogen and oxygen atoms in total. The predicted octanol–water partition coefficient (Wildman–Crippen LogP) is 4.18. The van der Waals surface area contributed by atoms with Crippen LogP contribution in [0.2, 0.25) is 5.02 Å². The van der Waals surface area contributed by atoms with E-state index in [9.17, 15) is 12.8 Å². The molecule has 3 rings (SSSR count). The van der Waals surface area contributed by atoms with Crippen molar-refractivity contribution < 1.29 is 12.8 Å². The number of hydrogen-bond acceptors (Lipinski definition) is 3. The van der Waals surface area contributed by atoms with Crippen molar-refractivity contribution in [3.05, 3.63) is 71.0 Å². The standard InChI is InChI=1S/C19H18ClFN2O2S/c1-23(2)18-10-3-7-14-13(18)6-4-11-19(14)26(24,25)22-12-15-16(20)8-5-9-17(15)21/h3-11,22H,12H2,1-2H3. The summed E-state index contributed by atoms with van der Waals surface area (Å²) in [5, 5.41) is 1.61. The lowest BCUT2D eigenvalue weighted by atomic mass is 10.1. The van der Waals surface area contributed by atoms with Crippen LogP contribution < -0.4 is 9.62 Å². The third-order valence-electron chi connectivity index (χ3n) is 4.13. The van der Waals surface area contributed by atoms with Crippen LogP contribution in [0.4, 0.5) is 10.1 Å². The number of anilines is 1.